The van der Waals surface area contributed by atoms with E-state index in [-0.39, 0.29) is 0 Å². The number of likely N-dealkylation sites (tertiary alicyclic amines) is 1. The number of nitrogens with one attached hydrogen (secondary N) is 1. The third-order valence-corrected chi connectivity index (χ3v) is 6.89. The highest BCUT2D eigenvalue weighted by molar-refractivity contribution is 8.00. The van der Waals surface area contributed by atoms with Crippen LogP contribution in [-0.2, 0) is 0 Å². The van der Waals surface area contributed by atoms with Crippen LogP contribution in [0.2, 0.25) is 0 Å². The zero-order chi connectivity index (χ0) is 16.2. The van der Waals surface area contributed by atoms with E-state index >= 15 is 0 Å². The lowest BCUT2D eigenvalue weighted by atomic mass is 10.1. The average molecular weight is 339 g/mol. The van der Waals surface area contributed by atoms with Crippen LogP contribution < -0.4 is 5.32 Å². The molecule has 2 atom stereocenters. The predicted octanol–water partition coefficient (Wildman–Crippen LogP) is 2.51. The number of hydrogen-bond donors (Lipinski definition) is 1. The van der Waals surface area contributed by atoms with Gasteiger partial charge in [0, 0.05) is 49.8 Å². The molecule has 132 valence electrons. The molecule has 2 saturated heterocycles. The second-order valence-electron chi connectivity index (χ2n) is 7.67. The summed E-state index contributed by atoms with van der Waals surface area (Å²) in [5.41, 5.74) is 0. The fourth-order valence-electron chi connectivity index (χ4n) is 3.70. The highest BCUT2D eigenvalue weighted by Gasteiger charge is 2.34. The number of guanidine groups is 1. The van der Waals surface area contributed by atoms with E-state index in [0.717, 1.165) is 55.3 Å². The molecule has 2 heterocycles. The first-order valence-corrected chi connectivity index (χ1v) is 10.6. The van der Waals surface area contributed by atoms with Gasteiger partial charge in [0.1, 0.15) is 0 Å². The second-order valence-corrected chi connectivity index (χ2v) is 9.02. The molecule has 0 aromatic carbocycles. The van der Waals surface area contributed by atoms with Crippen molar-refractivity contribution >= 4 is 17.7 Å². The minimum Gasteiger partial charge on any atom is -0.357 e. The van der Waals surface area contributed by atoms with Crippen molar-refractivity contribution in [2.45, 2.75) is 51.3 Å². The van der Waals surface area contributed by atoms with Gasteiger partial charge in [-0.05, 0) is 44.6 Å². The van der Waals surface area contributed by atoms with Gasteiger partial charge in [-0.2, -0.15) is 11.8 Å². The van der Waals surface area contributed by atoms with Crippen LogP contribution in [0.25, 0.3) is 0 Å². The van der Waals surface area contributed by atoms with Crippen LogP contribution >= 0.6 is 11.8 Å². The second kappa shape index (κ2) is 8.11. The number of hydrogen-bond acceptors (Lipinski definition) is 3. The fraction of sp³-hybridized carbons (Fsp3) is 0.944. The van der Waals surface area contributed by atoms with Gasteiger partial charge < -0.3 is 15.1 Å². The van der Waals surface area contributed by atoms with Crippen LogP contribution in [0.15, 0.2) is 4.99 Å². The van der Waals surface area contributed by atoms with E-state index in [2.05, 4.69) is 47.6 Å². The van der Waals surface area contributed by atoms with Crippen LogP contribution in [0.5, 0.6) is 0 Å². The molecule has 4 nitrogen and oxygen atoms in total. The Bertz CT molecular complexity index is 408. The van der Waals surface area contributed by atoms with Crippen molar-refractivity contribution < 1.29 is 0 Å². The molecule has 3 rings (SSSR count). The Balaban J connectivity index is 1.54. The number of nitrogens with zero attached hydrogens (tertiary/aromatic N) is 3. The molecule has 3 fully saturated rings. The predicted molar refractivity (Wildman–Crippen MR) is 101 cm³/mol. The lowest BCUT2D eigenvalue weighted by molar-refractivity contribution is 0.315. The topological polar surface area (TPSA) is 30.9 Å². The molecule has 5 heteroatoms. The molecule has 1 N–H and O–H groups in total. The van der Waals surface area contributed by atoms with Crippen molar-refractivity contribution in [3.63, 3.8) is 0 Å². The van der Waals surface area contributed by atoms with Crippen LogP contribution in [0.4, 0.5) is 0 Å². The zero-order valence-electron chi connectivity index (χ0n) is 15.1. The Labute approximate surface area is 146 Å². The standard InChI is InChI=1S/C18H34N4S/c1-4-19-18(22-9-10-23-17(13-22)14(2)3)20-11-15-7-8-21(12-15)16-5-6-16/h14-17H,4-13H2,1-3H3,(H,19,20). The van der Waals surface area contributed by atoms with Crippen molar-refractivity contribution in [1.82, 2.24) is 15.1 Å². The van der Waals surface area contributed by atoms with Crippen molar-refractivity contribution in [3.05, 3.63) is 0 Å². The molecule has 1 saturated carbocycles. The van der Waals surface area contributed by atoms with Gasteiger partial charge in [-0.1, -0.05) is 13.8 Å². The van der Waals surface area contributed by atoms with Crippen molar-refractivity contribution in [2.24, 2.45) is 16.8 Å². The summed E-state index contributed by atoms with van der Waals surface area (Å²) >= 11 is 2.13. The Kier molecular flexibility index (Phi) is 6.13. The Morgan fingerprint density at radius 2 is 2.04 bits per heavy atom. The van der Waals surface area contributed by atoms with E-state index in [1.807, 2.05) is 0 Å². The first kappa shape index (κ1) is 17.4. The normalized spacial score (nSPS) is 30.3. The van der Waals surface area contributed by atoms with Crippen LogP contribution in [0.1, 0.15) is 40.0 Å². The van der Waals surface area contributed by atoms with Crippen molar-refractivity contribution in [3.8, 4) is 0 Å². The molecular weight excluding hydrogens is 304 g/mol. The van der Waals surface area contributed by atoms with Crippen molar-refractivity contribution in [2.75, 3.05) is 45.0 Å². The molecule has 0 aromatic rings. The zero-order valence-corrected chi connectivity index (χ0v) is 15.9. The summed E-state index contributed by atoms with van der Waals surface area (Å²) in [6.45, 7) is 13.7. The van der Waals surface area contributed by atoms with Gasteiger partial charge in [-0.25, -0.2) is 0 Å². The van der Waals surface area contributed by atoms with Gasteiger partial charge >= 0.3 is 0 Å². The summed E-state index contributed by atoms with van der Waals surface area (Å²) in [6.07, 6.45) is 4.20. The molecule has 3 aliphatic rings. The van der Waals surface area contributed by atoms with Gasteiger partial charge in [-0.3, -0.25) is 4.99 Å². The summed E-state index contributed by atoms with van der Waals surface area (Å²) in [4.78, 5) is 10.2. The molecule has 2 aliphatic heterocycles. The molecule has 0 bridgehead atoms. The minimum atomic E-state index is 0.740. The first-order valence-electron chi connectivity index (χ1n) is 9.56. The van der Waals surface area contributed by atoms with E-state index in [4.69, 9.17) is 4.99 Å². The van der Waals surface area contributed by atoms with Gasteiger partial charge in [0.15, 0.2) is 5.96 Å². The molecule has 0 aromatic heterocycles. The summed E-state index contributed by atoms with van der Waals surface area (Å²) in [5.74, 6) is 3.90. The average Bonchev–Trinajstić information content (AvgIpc) is 3.30. The summed E-state index contributed by atoms with van der Waals surface area (Å²) < 4.78 is 0. The molecule has 23 heavy (non-hydrogen) atoms. The van der Waals surface area contributed by atoms with Gasteiger partial charge in [0.25, 0.3) is 0 Å². The largest absolute Gasteiger partial charge is 0.357 e. The lowest BCUT2D eigenvalue weighted by Crippen LogP contribution is -2.49. The van der Waals surface area contributed by atoms with Gasteiger partial charge in [0.05, 0.1) is 0 Å². The summed E-state index contributed by atoms with van der Waals surface area (Å²) in [7, 11) is 0. The molecule has 2 unspecified atom stereocenters. The van der Waals surface area contributed by atoms with E-state index in [1.54, 1.807) is 0 Å². The monoisotopic (exact) mass is 338 g/mol. The maximum atomic E-state index is 5.02. The Morgan fingerprint density at radius 3 is 2.74 bits per heavy atom. The van der Waals surface area contributed by atoms with Crippen LogP contribution in [-0.4, -0.2) is 72.1 Å². The molecule has 0 amide bonds. The summed E-state index contributed by atoms with van der Waals surface area (Å²) in [5, 5.41) is 4.28. The first-order chi connectivity index (χ1) is 11.2. The quantitative estimate of drug-likeness (QED) is 0.616. The third-order valence-electron chi connectivity index (χ3n) is 5.35. The highest BCUT2D eigenvalue weighted by atomic mass is 32.2. The van der Waals surface area contributed by atoms with Crippen molar-refractivity contribution in [1.29, 1.82) is 0 Å². The van der Waals surface area contributed by atoms with Crippen LogP contribution in [0, 0.1) is 11.8 Å². The molecule has 0 radical (unpaired) electrons. The molecule has 0 spiro atoms. The lowest BCUT2D eigenvalue weighted by Gasteiger charge is -2.36. The van der Waals surface area contributed by atoms with E-state index in [1.165, 1.54) is 38.1 Å². The summed E-state index contributed by atoms with van der Waals surface area (Å²) in [6, 6.07) is 0.920. The van der Waals surface area contributed by atoms with Crippen LogP contribution in [0.3, 0.4) is 0 Å². The minimum absolute atomic E-state index is 0.740. The maximum absolute atomic E-state index is 5.02. The van der Waals surface area contributed by atoms with E-state index < -0.39 is 0 Å². The van der Waals surface area contributed by atoms with E-state index in [0.29, 0.717) is 0 Å². The van der Waals surface area contributed by atoms with E-state index in [9.17, 15) is 0 Å². The Morgan fingerprint density at radius 1 is 1.22 bits per heavy atom. The fourth-order valence-corrected chi connectivity index (χ4v) is 4.99. The highest BCUT2D eigenvalue weighted by Crippen LogP contribution is 2.31. The number of rotatable bonds is 5. The number of thioether (sulfide) groups is 1. The Hall–Kier alpha value is -0.420. The van der Waals surface area contributed by atoms with Gasteiger partial charge in [-0.15, -0.1) is 0 Å². The third kappa shape index (κ3) is 4.79. The number of aliphatic imine (C=N–C) groups is 1. The SMILES string of the molecule is CCNC(=NCC1CCN(C2CC2)C1)N1CCSC(C(C)C)C1. The maximum Gasteiger partial charge on any atom is 0.193 e. The van der Waals surface area contributed by atoms with Gasteiger partial charge in [0.2, 0.25) is 0 Å². The smallest absolute Gasteiger partial charge is 0.193 e. The molecular formula is C18H34N4S. The molecule has 1 aliphatic carbocycles.